The van der Waals surface area contributed by atoms with Gasteiger partial charge in [0.15, 0.2) is 0 Å². The van der Waals surface area contributed by atoms with Gasteiger partial charge in [-0.05, 0) is 55.5 Å². The normalized spacial score (nSPS) is 24.8. The molecule has 1 aliphatic heterocycles. The summed E-state index contributed by atoms with van der Waals surface area (Å²) in [6.07, 6.45) is 3.39. The Bertz CT molecular complexity index is 629. The number of piperidine rings is 1. The molecule has 0 bridgehead atoms. The lowest BCUT2D eigenvalue weighted by molar-refractivity contribution is 0.173. The first kappa shape index (κ1) is 11.4. The predicted molar refractivity (Wildman–Crippen MR) is 76.9 cm³/mol. The number of hydrogen-bond donors (Lipinski definition) is 2. The van der Waals surface area contributed by atoms with E-state index < -0.39 is 0 Å². The minimum Gasteiger partial charge on any atom is -0.323 e. The molecule has 3 nitrogen and oxygen atoms in total. The summed E-state index contributed by atoms with van der Waals surface area (Å²) >= 11 is 0. The van der Waals surface area contributed by atoms with Gasteiger partial charge in [0.1, 0.15) is 0 Å². The third-order valence-corrected chi connectivity index (χ3v) is 4.95. The Labute approximate surface area is 113 Å². The van der Waals surface area contributed by atoms with Crippen LogP contribution in [0.25, 0.3) is 10.9 Å². The van der Waals surface area contributed by atoms with E-state index in [4.69, 9.17) is 10.7 Å². The molecule has 0 amide bonds. The zero-order chi connectivity index (χ0) is 12.9. The molecule has 2 heterocycles. The fourth-order valence-electron chi connectivity index (χ4n) is 3.77. The monoisotopic (exact) mass is 253 g/mol. The van der Waals surface area contributed by atoms with Crippen LogP contribution in [0.1, 0.15) is 30.1 Å². The van der Waals surface area contributed by atoms with Gasteiger partial charge >= 0.3 is 0 Å². The first-order chi connectivity index (χ1) is 9.28. The molecule has 1 unspecified atom stereocenters. The number of fused-ring (bicyclic) bond motifs is 2. The third kappa shape index (κ3) is 1.62. The number of pyridine rings is 1. The van der Waals surface area contributed by atoms with Gasteiger partial charge in [0.25, 0.3) is 0 Å². The SMILES string of the molecule is NC1c2cc3ccccc3nc2CC12CCNCC2. The largest absolute Gasteiger partial charge is 0.323 e. The number of nitrogens with one attached hydrogen (secondary N) is 1. The number of nitrogens with two attached hydrogens (primary N) is 1. The summed E-state index contributed by atoms with van der Waals surface area (Å²) < 4.78 is 0. The minimum absolute atomic E-state index is 0.154. The topological polar surface area (TPSA) is 50.9 Å². The van der Waals surface area contributed by atoms with Gasteiger partial charge in [0, 0.05) is 17.1 Å². The van der Waals surface area contributed by atoms with Crippen LogP contribution in [0.2, 0.25) is 0 Å². The molecule has 1 saturated heterocycles. The van der Waals surface area contributed by atoms with Crippen LogP contribution in [-0.2, 0) is 6.42 Å². The average Bonchev–Trinajstić information content (AvgIpc) is 2.70. The molecule has 1 aromatic heterocycles. The summed E-state index contributed by atoms with van der Waals surface area (Å²) in [5.74, 6) is 0. The molecule has 98 valence electrons. The Morgan fingerprint density at radius 2 is 2.00 bits per heavy atom. The second-order valence-corrected chi connectivity index (χ2v) is 5.98. The highest BCUT2D eigenvalue weighted by atomic mass is 14.9. The van der Waals surface area contributed by atoms with Crippen LogP contribution in [0, 0.1) is 5.41 Å². The van der Waals surface area contributed by atoms with E-state index in [1.165, 1.54) is 29.5 Å². The van der Waals surface area contributed by atoms with Crippen molar-refractivity contribution in [1.29, 1.82) is 0 Å². The first-order valence-corrected chi connectivity index (χ1v) is 7.13. The lowest BCUT2D eigenvalue weighted by Gasteiger charge is -2.37. The van der Waals surface area contributed by atoms with Crippen LogP contribution in [-0.4, -0.2) is 18.1 Å². The molecule has 2 aromatic rings. The summed E-state index contributed by atoms with van der Waals surface area (Å²) in [6.45, 7) is 2.17. The van der Waals surface area contributed by atoms with E-state index in [2.05, 4.69) is 35.6 Å². The summed E-state index contributed by atoms with van der Waals surface area (Å²) in [7, 11) is 0. The van der Waals surface area contributed by atoms with Crippen molar-refractivity contribution in [3.05, 3.63) is 41.6 Å². The molecule has 3 N–H and O–H groups in total. The van der Waals surface area contributed by atoms with Crippen LogP contribution in [0.15, 0.2) is 30.3 Å². The third-order valence-electron chi connectivity index (χ3n) is 4.95. The fraction of sp³-hybridized carbons (Fsp3) is 0.438. The molecular formula is C16H19N3. The van der Waals surface area contributed by atoms with E-state index in [0.717, 1.165) is 25.0 Å². The average molecular weight is 253 g/mol. The second-order valence-electron chi connectivity index (χ2n) is 5.98. The van der Waals surface area contributed by atoms with E-state index in [-0.39, 0.29) is 11.5 Å². The smallest absolute Gasteiger partial charge is 0.0705 e. The Morgan fingerprint density at radius 3 is 2.84 bits per heavy atom. The predicted octanol–water partition coefficient (Wildman–Crippen LogP) is 2.16. The van der Waals surface area contributed by atoms with Gasteiger partial charge in [-0.25, -0.2) is 0 Å². The molecule has 0 saturated carbocycles. The summed E-state index contributed by atoms with van der Waals surface area (Å²) in [5.41, 5.74) is 10.4. The second kappa shape index (κ2) is 4.02. The van der Waals surface area contributed by atoms with Crippen LogP contribution < -0.4 is 11.1 Å². The Morgan fingerprint density at radius 1 is 1.21 bits per heavy atom. The van der Waals surface area contributed by atoms with Crippen molar-refractivity contribution in [2.75, 3.05) is 13.1 Å². The standard InChI is InChI=1S/C16H19N3/c17-15-12-9-11-3-1-2-4-13(11)19-14(12)10-16(15)5-7-18-8-6-16/h1-4,9,15,18H,5-8,10,17H2. The molecule has 0 radical (unpaired) electrons. The summed E-state index contributed by atoms with van der Waals surface area (Å²) in [4.78, 5) is 4.86. The number of para-hydroxylation sites is 1. The van der Waals surface area contributed by atoms with Crippen molar-refractivity contribution < 1.29 is 0 Å². The Balaban J connectivity index is 1.84. The van der Waals surface area contributed by atoms with Crippen molar-refractivity contribution in [2.24, 2.45) is 11.1 Å². The molecular weight excluding hydrogens is 234 g/mol. The minimum atomic E-state index is 0.154. The van der Waals surface area contributed by atoms with E-state index >= 15 is 0 Å². The highest BCUT2D eigenvalue weighted by Crippen LogP contribution is 2.49. The number of nitrogens with zero attached hydrogens (tertiary/aromatic N) is 1. The number of rotatable bonds is 0. The van der Waals surface area contributed by atoms with Gasteiger partial charge in [-0.1, -0.05) is 18.2 Å². The maximum atomic E-state index is 6.58. The van der Waals surface area contributed by atoms with Gasteiger partial charge in [0.05, 0.1) is 5.52 Å². The van der Waals surface area contributed by atoms with Crippen LogP contribution in [0.5, 0.6) is 0 Å². The fourth-order valence-corrected chi connectivity index (χ4v) is 3.77. The zero-order valence-electron chi connectivity index (χ0n) is 11.0. The van der Waals surface area contributed by atoms with Gasteiger partial charge in [-0.2, -0.15) is 0 Å². The van der Waals surface area contributed by atoms with Crippen molar-refractivity contribution in [1.82, 2.24) is 10.3 Å². The van der Waals surface area contributed by atoms with Crippen LogP contribution in [0.4, 0.5) is 0 Å². The summed E-state index contributed by atoms with van der Waals surface area (Å²) in [5, 5.41) is 4.65. The maximum absolute atomic E-state index is 6.58. The Hall–Kier alpha value is -1.45. The van der Waals surface area contributed by atoms with Crippen molar-refractivity contribution >= 4 is 10.9 Å². The molecule has 1 spiro atoms. The molecule has 1 aliphatic carbocycles. The molecule has 19 heavy (non-hydrogen) atoms. The molecule has 3 heteroatoms. The quantitative estimate of drug-likeness (QED) is 0.756. The first-order valence-electron chi connectivity index (χ1n) is 7.13. The van der Waals surface area contributed by atoms with Gasteiger partial charge in [-0.15, -0.1) is 0 Å². The highest BCUT2D eigenvalue weighted by molar-refractivity contribution is 5.80. The van der Waals surface area contributed by atoms with Gasteiger partial charge < -0.3 is 11.1 Å². The van der Waals surface area contributed by atoms with Gasteiger partial charge in [-0.3, -0.25) is 4.98 Å². The number of hydrogen-bond acceptors (Lipinski definition) is 3. The van der Waals surface area contributed by atoms with E-state index in [1.807, 2.05) is 0 Å². The Kier molecular flexibility index (Phi) is 2.41. The van der Waals surface area contributed by atoms with Crippen LogP contribution in [0.3, 0.4) is 0 Å². The van der Waals surface area contributed by atoms with Crippen molar-refractivity contribution in [3.63, 3.8) is 0 Å². The lowest BCUT2D eigenvalue weighted by Crippen LogP contribution is -2.42. The van der Waals surface area contributed by atoms with E-state index in [0.29, 0.717) is 0 Å². The highest BCUT2D eigenvalue weighted by Gasteiger charge is 2.45. The van der Waals surface area contributed by atoms with Gasteiger partial charge in [0.2, 0.25) is 0 Å². The number of aromatic nitrogens is 1. The molecule has 1 aromatic carbocycles. The van der Waals surface area contributed by atoms with E-state index in [1.54, 1.807) is 0 Å². The van der Waals surface area contributed by atoms with Crippen molar-refractivity contribution in [2.45, 2.75) is 25.3 Å². The molecule has 1 atom stereocenters. The van der Waals surface area contributed by atoms with E-state index in [9.17, 15) is 0 Å². The van der Waals surface area contributed by atoms with Crippen LogP contribution >= 0.6 is 0 Å². The lowest BCUT2D eigenvalue weighted by atomic mass is 9.74. The van der Waals surface area contributed by atoms with Crippen molar-refractivity contribution in [3.8, 4) is 0 Å². The molecule has 4 rings (SSSR count). The molecule has 1 fully saturated rings. The molecule has 2 aliphatic rings. The number of benzene rings is 1. The maximum Gasteiger partial charge on any atom is 0.0705 e. The summed E-state index contributed by atoms with van der Waals surface area (Å²) in [6, 6.07) is 10.8. The zero-order valence-corrected chi connectivity index (χ0v) is 11.0.